The molecule has 3 rings (SSSR count). The number of esters is 2. The van der Waals surface area contributed by atoms with Crippen LogP contribution in [0.1, 0.15) is 40.2 Å². The van der Waals surface area contributed by atoms with E-state index in [2.05, 4.69) is 31.7 Å². The molecule has 0 aliphatic heterocycles. The molecule has 0 unspecified atom stereocenters. The number of hydrogen-bond acceptors (Lipinski definition) is 4. The molecule has 33 heavy (non-hydrogen) atoms. The summed E-state index contributed by atoms with van der Waals surface area (Å²) in [6.45, 7) is 12.9. The zero-order valence-corrected chi connectivity index (χ0v) is 19.9. The highest BCUT2D eigenvalue weighted by molar-refractivity contribution is 5.88. The van der Waals surface area contributed by atoms with E-state index in [1.54, 1.807) is 19.1 Å². The van der Waals surface area contributed by atoms with Crippen molar-refractivity contribution in [3.8, 4) is 33.8 Å². The topological polar surface area (TPSA) is 52.6 Å². The van der Waals surface area contributed by atoms with Crippen molar-refractivity contribution in [2.24, 2.45) is 5.41 Å². The number of rotatable bonds is 6. The second-order valence-electron chi connectivity index (χ2n) is 9.08. The largest absolute Gasteiger partial charge is 0.426 e. The van der Waals surface area contributed by atoms with E-state index < -0.39 is 11.4 Å². The summed E-state index contributed by atoms with van der Waals surface area (Å²) in [6, 6.07) is 21.4. The Balaban J connectivity index is 1.80. The quantitative estimate of drug-likeness (QED) is 0.234. The highest BCUT2D eigenvalue weighted by Crippen LogP contribution is 2.31. The second-order valence-corrected chi connectivity index (χ2v) is 9.08. The summed E-state index contributed by atoms with van der Waals surface area (Å²) >= 11 is 0. The summed E-state index contributed by atoms with van der Waals surface area (Å²) in [6.07, 6.45) is 0.872. The van der Waals surface area contributed by atoms with Crippen molar-refractivity contribution in [2.45, 2.75) is 41.0 Å². The zero-order chi connectivity index (χ0) is 24.2. The van der Waals surface area contributed by atoms with Gasteiger partial charge >= 0.3 is 11.9 Å². The molecule has 0 bridgehead atoms. The van der Waals surface area contributed by atoms with E-state index in [9.17, 15) is 9.59 Å². The first-order chi connectivity index (χ1) is 15.6. The van der Waals surface area contributed by atoms with E-state index in [0.29, 0.717) is 17.1 Å². The summed E-state index contributed by atoms with van der Waals surface area (Å²) in [5.74, 6) is 0.348. The molecular weight excluding hydrogens is 412 g/mol. The first kappa shape index (κ1) is 24.0. The van der Waals surface area contributed by atoms with Gasteiger partial charge in [0, 0.05) is 5.57 Å². The molecule has 0 aliphatic rings. The van der Waals surface area contributed by atoms with Crippen LogP contribution in [0.15, 0.2) is 78.9 Å². The number of hydrogen-bond donors (Lipinski definition) is 0. The SMILES string of the molecule is C=C(C)C(=O)Oc1ccc(-c2ccc(-c3ccc(OC(=O)C(C)(C)C)cc3)cc2CC)cc1. The van der Waals surface area contributed by atoms with Gasteiger partial charge in [0.25, 0.3) is 0 Å². The van der Waals surface area contributed by atoms with Crippen LogP contribution in [0.2, 0.25) is 0 Å². The first-order valence-electron chi connectivity index (χ1n) is 11.0. The summed E-state index contributed by atoms with van der Waals surface area (Å²) in [5.41, 5.74) is 5.36. The normalized spacial score (nSPS) is 11.1. The molecule has 3 aromatic carbocycles. The Morgan fingerprint density at radius 1 is 0.788 bits per heavy atom. The van der Waals surface area contributed by atoms with Crippen LogP contribution in [-0.4, -0.2) is 11.9 Å². The van der Waals surface area contributed by atoms with Crippen LogP contribution < -0.4 is 9.47 Å². The number of carbonyl (C=O) groups is 2. The van der Waals surface area contributed by atoms with Gasteiger partial charge in [-0.05, 0) is 86.2 Å². The summed E-state index contributed by atoms with van der Waals surface area (Å²) < 4.78 is 10.7. The van der Waals surface area contributed by atoms with E-state index >= 15 is 0 Å². The fourth-order valence-corrected chi connectivity index (χ4v) is 3.22. The third-order valence-electron chi connectivity index (χ3n) is 5.22. The lowest BCUT2D eigenvalue weighted by Crippen LogP contribution is -2.25. The summed E-state index contributed by atoms with van der Waals surface area (Å²) in [5, 5.41) is 0. The molecule has 0 atom stereocenters. The van der Waals surface area contributed by atoms with Gasteiger partial charge in [-0.25, -0.2) is 4.79 Å². The molecule has 0 aliphatic carbocycles. The van der Waals surface area contributed by atoms with E-state index in [0.717, 1.165) is 28.7 Å². The van der Waals surface area contributed by atoms with E-state index in [1.165, 1.54) is 5.56 Å². The Morgan fingerprint density at radius 2 is 1.30 bits per heavy atom. The van der Waals surface area contributed by atoms with Gasteiger partial charge in [0.15, 0.2) is 0 Å². The Labute approximate surface area is 195 Å². The third-order valence-corrected chi connectivity index (χ3v) is 5.22. The molecule has 0 heterocycles. The maximum absolute atomic E-state index is 12.1. The smallest absolute Gasteiger partial charge is 0.338 e. The molecule has 0 spiro atoms. The predicted octanol–water partition coefficient (Wildman–Crippen LogP) is 7.02. The van der Waals surface area contributed by atoms with Gasteiger partial charge in [0.1, 0.15) is 11.5 Å². The fraction of sp³-hybridized carbons (Fsp3) is 0.241. The Bertz CT molecular complexity index is 1160. The molecule has 0 saturated carbocycles. The van der Waals surface area contributed by atoms with Crippen molar-refractivity contribution in [1.82, 2.24) is 0 Å². The van der Waals surface area contributed by atoms with E-state index in [1.807, 2.05) is 57.2 Å². The monoisotopic (exact) mass is 442 g/mol. The Kier molecular flexibility index (Phi) is 7.17. The van der Waals surface area contributed by atoms with Crippen LogP contribution in [0.5, 0.6) is 11.5 Å². The molecule has 0 aromatic heterocycles. The number of carbonyl (C=O) groups excluding carboxylic acids is 2. The van der Waals surface area contributed by atoms with Crippen LogP contribution in [0, 0.1) is 5.41 Å². The molecule has 4 nitrogen and oxygen atoms in total. The third kappa shape index (κ3) is 5.98. The van der Waals surface area contributed by atoms with Crippen LogP contribution >= 0.6 is 0 Å². The van der Waals surface area contributed by atoms with Crippen molar-refractivity contribution in [2.75, 3.05) is 0 Å². The average molecular weight is 443 g/mol. The minimum absolute atomic E-state index is 0.256. The molecule has 4 heteroatoms. The highest BCUT2D eigenvalue weighted by Gasteiger charge is 2.23. The first-order valence-corrected chi connectivity index (χ1v) is 11.0. The van der Waals surface area contributed by atoms with Crippen LogP contribution in [0.4, 0.5) is 0 Å². The zero-order valence-electron chi connectivity index (χ0n) is 19.9. The van der Waals surface area contributed by atoms with Crippen LogP contribution in [-0.2, 0) is 16.0 Å². The maximum Gasteiger partial charge on any atom is 0.338 e. The summed E-state index contributed by atoms with van der Waals surface area (Å²) in [4.78, 5) is 23.8. The maximum atomic E-state index is 12.1. The van der Waals surface area contributed by atoms with Crippen molar-refractivity contribution in [3.63, 3.8) is 0 Å². The number of aryl methyl sites for hydroxylation is 1. The lowest BCUT2D eigenvalue weighted by molar-refractivity contribution is -0.143. The molecule has 0 radical (unpaired) electrons. The van der Waals surface area contributed by atoms with E-state index in [-0.39, 0.29) is 5.97 Å². The fourth-order valence-electron chi connectivity index (χ4n) is 3.22. The van der Waals surface area contributed by atoms with Crippen molar-refractivity contribution >= 4 is 11.9 Å². The minimum Gasteiger partial charge on any atom is -0.426 e. The molecule has 0 fully saturated rings. The van der Waals surface area contributed by atoms with Crippen molar-refractivity contribution < 1.29 is 19.1 Å². The standard InChI is InChI=1S/C29H30O4/c1-7-20-18-23(21-8-13-25(14-9-21)33-28(31)29(4,5)6)12-17-26(20)22-10-15-24(16-11-22)32-27(30)19(2)3/h8-18H,2,7H2,1,3-6H3. The highest BCUT2D eigenvalue weighted by atomic mass is 16.5. The Morgan fingerprint density at radius 3 is 1.82 bits per heavy atom. The number of benzene rings is 3. The molecule has 3 aromatic rings. The van der Waals surface area contributed by atoms with Gasteiger partial charge in [0.2, 0.25) is 0 Å². The van der Waals surface area contributed by atoms with Crippen LogP contribution in [0.25, 0.3) is 22.3 Å². The molecule has 0 saturated heterocycles. The molecular formula is C29H30O4. The molecule has 0 N–H and O–H groups in total. The van der Waals surface area contributed by atoms with Gasteiger partial charge in [-0.2, -0.15) is 0 Å². The lowest BCUT2D eigenvalue weighted by atomic mass is 9.93. The van der Waals surface area contributed by atoms with Gasteiger partial charge in [-0.1, -0.05) is 56.0 Å². The van der Waals surface area contributed by atoms with Crippen molar-refractivity contribution in [1.29, 1.82) is 0 Å². The van der Waals surface area contributed by atoms with E-state index in [4.69, 9.17) is 9.47 Å². The van der Waals surface area contributed by atoms with Gasteiger partial charge < -0.3 is 9.47 Å². The van der Waals surface area contributed by atoms with Gasteiger partial charge in [0.05, 0.1) is 5.41 Å². The second kappa shape index (κ2) is 9.86. The van der Waals surface area contributed by atoms with Gasteiger partial charge in [-0.15, -0.1) is 0 Å². The molecule has 0 amide bonds. The van der Waals surface area contributed by atoms with Crippen LogP contribution in [0.3, 0.4) is 0 Å². The minimum atomic E-state index is -0.547. The summed E-state index contributed by atoms with van der Waals surface area (Å²) in [7, 11) is 0. The average Bonchev–Trinajstić information content (AvgIpc) is 2.79. The lowest BCUT2D eigenvalue weighted by Gasteiger charge is -2.16. The van der Waals surface area contributed by atoms with Crippen molar-refractivity contribution in [3.05, 3.63) is 84.4 Å². The van der Waals surface area contributed by atoms with Gasteiger partial charge in [-0.3, -0.25) is 4.79 Å². The molecule has 170 valence electrons. The predicted molar refractivity (Wildman–Crippen MR) is 132 cm³/mol. The Hall–Kier alpha value is -3.66. The number of ether oxygens (including phenoxy) is 2.